The minimum Gasteiger partial charge on any atom is -0.493 e. The maximum Gasteiger partial charge on any atom is 0.264 e. The minimum absolute atomic E-state index is 0.0436. The molecule has 4 rings (SSSR count). The highest BCUT2D eigenvalue weighted by Gasteiger charge is 2.35. The fraction of sp³-hybridized carbons (Fsp3) is 0.235. The number of carbonyl (C=O) groups excluding carboxylic acids is 2. The standard InChI is InChI=1S/C34H36FN3O6S/c1-4-36-34(40)30(21-25-11-7-5-8-12-25)37(23-26-13-9-6-10-14-26)33(39)24-38(28-17-15-27(35)16-18-28)45(41,42)29-19-20-31(43-2)32(22-29)44-3/h5-20,22,30H,4,21,23-24H2,1-3H3,(H,36,40)/t30-/m1/s1. The molecule has 4 aromatic carbocycles. The first kappa shape index (κ1) is 33.0. The van der Waals surface area contributed by atoms with Gasteiger partial charge in [0, 0.05) is 25.6 Å². The molecule has 0 saturated heterocycles. The molecule has 0 saturated carbocycles. The van der Waals surface area contributed by atoms with Crippen molar-refractivity contribution < 1.29 is 31.9 Å². The second kappa shape index (κ2) is 15.2. The molecule has 0 spiro atoms. The van der Waals surface area contributed by atoms with E-state index < -0.39 is 34.3 Å². The third-order valence-electron chi connectivity index (χ3n) is 7.15. The van der Waals surface area contributed by atoms with Gasteiger partial charge >= 0.3 is 0 Å². The van der Waals surface area contributed by atoms with Gasteiger partial charge in [0.15, 0.2) is 11.5 Å². The van der Waals surface area contributed by atoms with Crippen LogP contribution in [0, 0.1) is 5.82 Å². The van der Waals surface area contributed by atoms with Crippen molar-refractivity contribution in [3.8, 4) is 11.5 Å². The highest BCUT2D eigenvalue weighted by molar-refractivity contribution is 7.92. The molecule has 9 nitrogen and oxygen atoms in total. The van der Waals surface area contributed by atoms with Crippen LogP contribution >= 0.6 is 0 Å². The van der Waals surface area contributed by atoms with E-state index in [4.69, 9.17) is 9.47 Å². The van der Waals surface area contributed by atoms with Crippen molar-refractivity contribution in [2.24, 2.45) is 0 Å². The Kier molecular flexibility index (Phi) is 11.2. The lowest BCUT2D eigenvalue weighted by Crippen LogP contribution is -2.53. The molecule has 0 heterocycles. The largest absolute Gasteiger partial charge is 0.493 e. The number of amides is 2. The van der Waals surface area contributed by atoms with E-state index in [0.717, 1.165) is 27.6 Å². The van der Waals surface area contributed by atoms with Gasteiger partial charge in [0.1, 0.15) is 18.4 Å². The number of nitrogens with zero attached hydrogens (tertiary/aromatic N) is 2. The van der Waals surface area contributed by atoms with Crippen molar-refractivity contribution in [3.05, 3.63) is 120 Å². The van der Waals surface area contributed by atoms with Gasteiger partial charge in [-0.1, -0.05) is 60.7 Å². The first-order valence-corrected chi connectivity index (χ1v) is 15.8. The van der Waals surface area contributed by atoms with Gasteiger partial charge in [-0.3, -0.25) is 13.9 Å². The van der Waals surface area contributed by atoms with Gasteiger partial charge in [-0.05, 0) is 54.4 Å². The van der Waals surface area contributed by atoms with Gasteiger partial charge in [0.25, 0.3) is 10.0 Å². The van der Waals surface area contributed by atoms with Crippen LogP contribution < -0.4 is 19.1 Å². The Morgan fingerprint density at radius 3 is 2.00 bits per heavy atom. The molecule has 1 atom stereocenters. The number of carbonyl (C=O) groups is 2. The van der Waals surface area contributed by atoms with E-state index in [1.165, 1.54) is 49.5 Å². The van der Waals surface area contributed by atoms with E-state index in [9.17, 15) is 22.4 Å². The van der Waals surface area contributed by atoms with E-state index in [1.807, 2.05) is 60.7 Å². The Morgan fingerprint density at radius 2 is 1.42 bits per heavy atom. The SMILES string of the molecule is CCNC(=O)[C@@H](Cc1ccccc1)N(Cc1ccccc1)C(=O)CN(c1ccc(F)cc1)S(=O)(=O)c1ccc(OC)c(OC)c1. The van der Waals surface area contributed by atoms with Crippen molar-refractivity contribution in [1.82, 2.24) is 10.2 Å². The van der Waals surface area contributed by atoms with E-state index in [0.29, 0.717) is 12.3 Å². The molecule has 0 fully saturated rings. The Hall–Kier alpha value is -4.90. The number of hydrogen-bond donors (Lipinski definition) is 1. The van der Waals surface area contributed by atoms with E-state index >= 15 is 0 Å². The predicted molar refractivity (Wildman–Crippen MR) is 170 cm³/mol. The summed E-state index contributed by atoms with van der Waals surface area (Å²) in [6, 6.07) is 26.4. The summed E-state index contributed by atoms with van der Waals surface area (Å²) in [4.78, 5) is 29.1. The average Bonchev–Trinajstić information content (AvgIpc) is 3.06. The number of benzene rings is 4. The van der Waals surface area contributed by atoms with Crippen LogP contribution in [0.5, 0.6) is 11.5 Å². The summed E-state index contributed by atoms with van der Waals surface area (Å²) in [5, 5.41) is 2.83. The van der Waals surface area contributed by atoms with Crippen LogP contribution in [0.4, 0.5) is 10.1 Å². The predicted octanol–water partition coefficient (Wildman–Crippen LogP) is 4.81. The molecule has 0 aliphatic heterocycles. The van der Waals surface area contributed by atoms with Gasteiger partial charge in [-0.2, -0.15) is 0 Å². The highest BCUT2D eigenvalue weighted by Crippen LogP contribution is 2.32. The molecule has 236 valence electrons. The monoisotopic (exact) mass is 633 g/mol. The molecule has 11 heteroatoms. The smallest absolute Gasteiger partial charge is 0.264 e. The molecule has 0 bridgehead atoms. The molecule has 0 radical (unpaired) electrons. The van der Waals surface area contributed by atoms with Gasteiger partial charge in [-0.15, -0.1) is 0 Å². The zero-order valence-corrected chi connectivity index (χ0v) is 26.2. The van der Waals surface area contributed by atoms with Crippen LogP contribution in [-0.2, 0) is 32.6 Å². The normalized spacial score (nSPS) is 11.7. The molecule has 45 heavy (non-hydrogen) atoms. The molecule has 0 aromatic heterocycles. The van der Waals surface area contributed by atoms with Gasteiger partial charge < -0.3 is 19.7 Å². The Morgan fingerprint density at radius 1 is 0.822 bits per heavy atom. The van der Waals surface area contributed by atoms with E-state index in [1.54, 1.807) is 6.92 Å². The van der Waals surface area contributed by atoms with Crippen LogP contribution in [0.3, 0.4) is 0 Å². The van der Waals surface area contributed by atoms with Crippen molar-refractivity contribution in [2.75, 3.05) is 31.6 Å². The lowest BCUT2D eigenvalue weighted by Gasteiger charge is -2.33. The van der Waals surface area contributed by atoms with Crippen molar-refractivity contribution in [1.29, 1.82) is 0 Å². The second-order valence-electron chi connectivity index (χ2n) is 10.1. The number of likely N-dealkylation sites (N-methyl/N-ethyl adjacent to an activating group) is 1. The van der Waals surface area contributed by atoms with E-state index in [-0.39, 0.29) is 35.2 Å². The molecule has 0 unspecified atom stereocenters. The number of halogens is 1. The number of rotatable bonds is 14. The quantitative estimate of drug-likeness (QED) is 0.214. The highest BCUT2D eigenvalue weighted by atomic mass is 32.2. The maximum atomic E-state index is 14.4. The first-order chi connectivity index (χ1) is 21.7. The average molecular weight is 634 g/mol. The first-order valence-electron chi connectivity index (χ1n) is 14.3. The summed E-state index contributed by atoms with van der Waals surface area (Å²) < 4.78 is 53.8. The molecule has 0 aliphatic rings. The zero-order valence-electron chi connectivity index (χ0n) is 25.4. The number of nitrogens with one attached hydrogen (secondary N) is 1. The summed E-state index contributed by atoms with van der Waals surface area (Å²) in [5.41, 5.74) is 1.65. The summed E-state index contributed by atoms with van der Waals surface area (Å²) in [6.45, 7) is 1.50. The van der Waals surface area contributed by atoms with Crippen LogP contribution in [-0.4, -0.2) is 58.5 Å². The van der Waals surface area contributed by atoms with Crippen molar-refractivity contribution >= 4 is 27.5 Å². The van der Waals surface area contributed by atoms with Gasteiger partial charge in [0.2, 0.25) is 11.8 Å². The molecule has 1 N–H and O–H groups in total. The Labute approximate surface area is 263 Å². The van der Waals surface area contributed by atoms with Gasteiger partial charge in [0.05, 0.1) is 24.8 Å². The third-order valence-corrected chi connectivity index (χ3v) is 8.92. The Balaban J connectivity index is 1.80. The molecular formula is C34H36FN3O6S. The minimum atomic E-state index is -4.41. The number of sulfonamides is 1. The van der Waals surface area contributed by atoms with Crippen molar-refractivity contribution in [3.63, 3.8) is 0 Å². The number of anilines is 1. The lowest BCUT2D eigenvalue weighted by atomic mass is 10.0. The number of ether oxygens (including phenoxy) is 2. The van der Waals surface area contributed by atoms with Crippen LogP contribution in [0.1, 0.15) is 18.1 Å². The fourth-order valence-electron chi connectivity index (χ4n) is 4.87. The molecule has 0 aliphatic carbocycles. The topological polar surface area (TPSA) is 105 Å². The van der Waals surface area contributed by atoms with Crippen LogP contribution in [0.15, 0.2) is 108 Å². The maximum absolute atomic E-state index is 14.4. The third kappa shape index (κ3) is 8.18. The van der Waals surface area contributed by atoms with Crippen LogP contribution in [0.25, 0.3) is 0 Å². The lowest BCUT2D eigenvalue weighted by molar-refractivity contribution is -0.140. The van der Waals surface area contributed by atoms with Crippen LogP contribution in [0.2, 0.25) is 0 Å². The summed E-state index contributed by atoms with van der Waals surface area (Å²) >= 11 is 0. The van der Waals surface area contributed by atoms with Crippen molar-refractivity contribution in [2.45, 2.75) is 30.8 Å². The molecular weight excluding hydrogens is 597 g/mol. The summed E-state index contributed by atoms with van der Waals surface area (Å²) in [5.74, 6) is -1.08. The van der Waals surface area contributed by atoms with E-state index in [2.05, 4.69) is 5.32 Å². The zero-order chi connectivity index (χ0) is 32.4. The second-order valence-corrected chi connectivity index (χ2v) is 12.0. The van der Waals surface area contributed by atoms with Gasteiger partial charge in [-0.25, -0.2) is 12.8 Å². The molecule has 2 amide bonds. The molecule has 4 aromatic rings. The number of hydrogen-bond acceptors (Lipinski definition) is 6. The number of methoxy groups -OCH3 is 2. The Bertz CT molecular complexity index is 1690. The summed E-state index contributed by atoms with van der Waals surface area (Å²) in [6.07, 6.45) is 0.199. The summed E-state index contributed by atoms with van der Waals surface area (Å²) in [7, 11) is -1.61. The fourth-order valence-corrected chi connectivity index (χ4v) is 6.30.